The molecule has 1 aromatic carbocycles. The van der Waals surface area contributed by atoms with E-state index in [4.69, 9.17) is 0 Å². The third kappa shape index (κ3) is 2.72. The van der Waals surface area contributed by atoms with Gasteiger partial charge < -0.3 is 4.90 Å². The normalized spacial score (nSPS) is 17.6. The first kappa shape index (κ1) is 15.0. The number of amides is 1. The highest BCUT2D eigenvalue weighted by molar-refractivity contribution is 7.99. The third-order valence-electron chi connectivity index (χ3n) is 3.68. The molecule has 2 aromatic rings. The van der Waals surface area contributed by atoms with Gasteiger partial charge in [-0.05, 0) is 29.5 Å². The summed E-state index contributed by atoms with van der Waals surface area (Å²) in [6, 6.07) is 8.19. The number of hydrogen-bond acceptors (Lipinski definition) is 5. The molecule has 0 radical (unpaired) electrons. The zero-order valence-corrected chi connectivity index (χ0v) is 13.7. The Hall–Kier alpha value is -1.89. The molecular formula is C15H19N5OS. The number of nitrogens with zero attached hydrogens (tertiary/aromatic N) is 5. The van der Waals surface area contributed by atoms with Gasteiger partial charge in [-0.15, -0.1) is 16.9 Å². The summed E-state index contributed by atoms with van der Waals surface area (Å²) < 4.78 is 1.60. The second kappa shape index (κ2) is 6.08. The fourth-order valence-electron chi connectivity index (χ4n) is 2.62. The lowest BCUT2D eigenvalue weighted by molar-refractivity contribution is -0.119. The number of aromatic nitrogens is 4. The molecule has 0 bridgehead atoms. The molecule has 22 heavy (non-hydrogen) atoms. The van der Waals surface area contributed by atoms with Gasteiger partial charge in [0, 0.05) is 22.6 Å². The van der Waals surface area contributed by atoms with Crippen LogP contribution in [0.5, 0.6) is 0 Å². The van der Waals surface area contributed by atoms with E-state index >= 15 is 0 Å². The van der Waals surface area contributed by atoms with E-state index in [1.165, 1.54) is 0 Å². The summed E-state index contributed by atoms with van der Waals surface area (Å²) in [6.45, 7) is 6.28. The molecule has 0 unspecified atom stereocenters. The van der Waals surface area contributed by atoms with Crippen LogP contribution in [-0.4, -0.2) is 37.9 Å². The van der Waals surface area contributed by atoms with E-state index < -0.39 is 0 Å². The van der Waals surface area contributed by atoms with E-state index in [0.717, 1.165) is 22.2 Å². The second-order valence-corrected chi connectivity index (χ2v) is 6.80. The Labute approximate surface area is 133 Å². The number of thioether (sulfide) groups is 1. The van der Waals surface area contributed by atoms with Gasteiger partial charge in [0.15, 0.2) is 5.82 Å². The van der Waals surface area contributed by atoms with Crippen LogP contribution >= 0.6 is 11.8 Å². The standard InChI is InChI=1S/C15H19N5OS/c1-10(2)15-16-17-18-19(15)8-14(21)20-11(3)9-22-13-7-5-4-6-12(13)20/h4-7,10-11H,8-9H2,1-3H3/t11-/m0/s1. The van der Waals surface area contributed by atoms with Gasteiger partial charge >= 0.3 is 0 Å². The van der Waals surface area contributed by atoms with Gasteiger partial charge in [0.1, 0.15) is 6.54 Å². The first-order chi connectivity index (χ1) is 10.6. The average Bonchev–Trinajstić information content (AvgIpc) is 2.95. The molecular weight excluding hydrogens is 298 g/mol. The van der Waals surface area contributed by atoms with Crippen molar-refractivity contribution in [1.82, 2.24) is 20.2 Å². The summed E-state index contributed by atoms with van der Waals surface area (Å²) in [6.07, 6.45) is 0. The monoisotopic (exact) mass is 317 g/mol. The first-order valence-electron chi connectivity index (χ1n) is 7.38. The number of carbonyl (C=O) groups excluding carboxylic acids is 1. The quantitative estimate of drug-likeness (QED) is 0.869. The van der Waals surface area contributed by atoms with Crippen LogP contribution in [0.1, 0.15) is 32.5 Å². The number of rotatable bonds is 3. The molecule has 0 fully saturated rings. The maximum Gasteiger partial charge on any atom is 0.249 e. The Morgan fingerprint density at radius 2 is 2.18 bits per heavy atom. The SMILES string of the molecule is CC(C)c1nnnn1CC(=O)N1c2ccccc2SC[C@@H]1C. The Morgan fingerprint density at radius 1 is 1.41 bits per heavy atom. The average molecular weight is 317 g/mol. The molecule has 0 saturated carbocycles. The molecule has 0 N–H and O–H groups in total. The highest BCUT2D eigenvalue weighted by Gasteiger charge is 2.29. The van der Waals surface area contributed by atoms with Crippen LogP contribution in [0.15, 0.2) is 29.2 Å². The van der Waals surface area contributed by atoms with Crippen LogP contribution in [0, 0.1) is 0 Å². The maximum atomic E-state index is 12.8. The first-order valence-corrected chi connectivity index (χ1v) is 8.36. The van der Waals surface area contributed by atoms with E-state index in [9.17, 15) is 4.79 Å². The molecule has 0 aliphatic carbocycles. The summed E-state index contributed by atoms with van der Waals surface area (Å²) in [5.41, 5.74) is 0.982. The van der Waals surface area contributed by atoms with Crippen molar-refractivity contribution in [3.05, 3.63) is 30.1 Å². The van der Waals surface area contributed by atoms with Crippen LogP contribution in [0.2, 0.25) is 0 Å². The zero-order chi connectivity index (χ0) is 15.7. The molecule has 1 aliphatic heterocycles. The number of para-hydroxylation sites is 1. The van der Waals surface area contributed by atoms with Gasteiger partial charge in [-0.25, -0.2) is 4.68 Å². The summed E-state index contributed by atoms with van der Waals surface area (Å²) in [4.78, 5) is 15.8. The number of hydrogen-bond donors (Lipinski definition) is 0. The van der Waals surface area contributed by atoms with Crippen LogP contribution in [0.3, 0.4) is 0 Å². The van der Waals surface area contributed by atoms with E-state index in [1.54, 1.807) is 16.4 Å². The minimum Gasteiger partial charge on any atom is -0.306 e. The molecule has 1 atom stereocenters. The van der Waals surface area contributed by atoms with Crippen molar-refractivity contribution in [2.75, 3.05) is 10.7 Å². The van der Waals surface area contributed by atoms with Gasteiger partial charge in [-0.1, -0.05) is 26.0 Å². The third-order valence-corrected chi connectivity index (χ3v) is 4.98. The second-order valence-electron chi connectivity index (χ2n) is 5.74. The van der Waals surface area contributed by atoms with Crippen molar-refractivity contribution in [3.8, 4) is 0 Å². The molecule has 7 heteroatoms. The van der Waals surface area contributed by atoms with Crippen molar-refractivity contribution in [2.24, 2.45) is 0 Å². The van der Waals surface area contributed by atoms with Gasteiger partial charge in [-0.2, -0.15) is 0 Å². The van der Waals surface area contributed by atoms with E-state index in [1.807, 2.05) is 36.9 Å². The van der Waals surface area contributed by atoms with Crippen molar-refractivity contribution >= 4 is 23.4 Å². The van der Waals surface area contributed by atoms with Crippen molar-refractivity contribution < 1.29 is 4.79 Å². The summed E-state index contributed by atoms with van der Waals surface area (Å²) in [5, 5.41) is 11.7. The van der Waals surface area contributed by atoms with Gasteiger partial charge in [-0.3, -0.25) is 4.79 Å². The molecule has 116 valence electrons. The molecule has 0 saturated heterocycles. The predicted molar refractivity (Wildman–Crippen MR) is 86.0 cm³/mol. The lowest BCUT2D eigenvalue weighted by Gasteiger charge is -2.34. The molecule has 0 spiro atoms. The lowest BCUT2D eigenvalue weighted by Crippen LogP contribution is -2.44. The highest BCUT2D eigenvalue weighted by Crippen LogP contribution is 2.37. The van der Waals surface area contributed by atoms with E-state index in [2.05, 4.69) is 28.5 Å². The van der Waals surface area contributed by atoms with E-state index in [0.29, 0.717) is 0 Å². The van der Waals surface area contributed by atoms with Crippen molar-refractivity contribution in [2.45, 2.75) is 44.2 Å². The Kier molecular flexibility index (Phi) is 4.15. The Balaban J connectivity index is 1.87. The minimum atomic E-state index is 0.0226. The number of fused-ring (bicyclic) bond motifs is 1. The van der Waals surface area contributed by atoms with Gasteiger partial charge in [0.05, 0.1) is 5.69 Å². The number of carbonyl (C=O) groups is 1. The van der Waals surface area contributed by atoms with Gasteiger partial charge in [0.2, 0.25) is 5.91 Å². The fourth-order valence-corrected chi connectivity index (χ4v) is 3.68. The predicted octanol–water partition coefficient (Wildman–Crippen LogP) is 2.32. The summed E-state index contributed by atoms with van der Waals surface area (Å²) in [5.74, 6) is 1.84. The summed E-state index contributed by atoms with van der Waals surface area (Å²) in [7, 11) is 0. The van der Waals surface area contributed by atoms with E-state index in [-0.39, 0.29) is 24.4 Å². The Bertz CT molecular complexity index is 684. The number of benzene rings is 1. The molecule has 1 aromatic heterocycles. The van der Waals surface area contributed by atoms with Crippen LogP contribution in [0.4, 0.5) is 5.69 Å². The molecule has 2 heterocycles. The van der Waals surface area contributed by atoms with Crippen LogP contribution in [0.25, 0.3) is 0 Å². The Morgan fingerprint density at radius 3 is 2.95 bits per heavy atom. The lowest BCUT2D eigenvalue weighted by atomic mass is 10.2. The maximum absolute atomic E-state index is 12.8. The number of tetrazole rings is 1. The van der Waals surface area contributed by atoms with Crippen molar-refractivity contribution in [3.63, 3.8) is 0 Å². The smallest absolute Gasteiger partial charge is 0.249 e. The van der Waals surface area contributed by atoms with Crippen LogP contribution in [-0.2, 0) is 11.3 Å². The zero-order valence-electron chi connectivity index (χ0n) is 12.9. The highest BCUT2D eigenvalue weighted by atomic mass is 32.2. The van der Waals surface area contributed by atoms with Gasteiger partial charge in [0.25, 0.3) is 0 Å². The topological polar surface area (TPSA) is 63.9 Å². The molecule has 1 amide bonds. The molecule has 6 nitrogen and oxygen atoms in total. The summed E-state index contributed by atoms with van der Waals surface area (Å²) >= 11 is 1.79. The van der Waals surface area contributed by atoms with Crippen molar-refractivity contribution in [1.29, 1.82) is 0 Å². The van der Waals surface area contributed by atoms with Crippen LogP contribution < -0.4 is 4.90 Å². The molecule has 3 rings (SSSR count). The fraction of sp³-hybridized carbons (Fsp3) is 0.467. The minimum absolute atomic E-state index is 0.0226. The largest absolute Gasteiger partial charge is 0.306 e. The molecule has 1 aliphatic rings. The number of anilines is 1.